The number of H-pyrrole nitrogens is 1. The van der Waals surface area contributed by atoms with Gasteiger partial charge in [-0.1, -0.05) is 18.2 Å². The van der Waals surface area contributed by atoms with Crippen LogP contribution >= 0.6 is 0 Å². The van der Waals surface area contributed by atoms with Crippen molar-refractivity contribution in [2.24, 2.45) is 0 Å². The van der Waals surface area contributed by atoms with Crippen LogP contribution in [0.4, 0.5) is 0 Å². The highest BCUT2D eigenvalue weighted by atomic mass is 16.5. The molecule has 1 aromatic carbocycles. The number of aromatic nitrogens is 4. The predicted octanol–water partition coefficient (Wildman–Crippen LogP) is 3.28. The Morgan fingerprint density at radius 3 is 2.85 bits per heavy atom. The van der Waals surface area contributed by atoms with Gasteiger partial charge in [0.25, 0.3) is 5.91 Å². The summed E-state index contributed by atoms with van der Waals surface area (Å²) in [6.07, 6.45) is 3.32. The predicted molar refractivity (Wildman–Crippen MR) is 94.9 cm³/mol. The highest BCUT2D eigenvalue weighted by Gasteiger charge is 2.33. The first kappa shape index (κ1) is 16.3. The number of likely N-dealkylation sites (tertiary alicyclic amines) is 1. The fourth-order valence-electron chi connectivity index (χ4n) is 3.18. The number of carbonyl (C=O) groups is 1. The van der Waals surface area contributed by atoms with E-state index in [2.05, 4.69) is 20.2 Å². The lowest BCUT2D eigenvalue weighted by molar-refractivity contribution is 0.0723. The number of amides is 1. The molecule has 26 heavy (non-hydrogen) atoms. The Morgan fingerprint density at radius 2 is 2.08 bits per heavy atom. The first-order chi connectivity index (χ1) is 12.7. The van der Waals surface area contributed by atoms with E-state index in [-0.39, 0.29) is 11.9 Å². The van der Waals surface area contributed by atoms with E-state index in [1.54, 1.807) is 23.2 Å². The van der Waals surface area contributed by atoms with Gasteiger partial charge in [-0.15, -0.1) is 0 Å². The van der Waals surface area contributed by atoms with E-state index in [1.165, 1.54) is 0 Å². The van der Waals surface area contributed by atoms with Gasteiger partial charge in [-0.25, -0.2) is 4.98 Å². The van der Waals surface area contributed by atoms with E-state index < -0.39 is 0 Å². The summed E-state index contributed by atoms with van der Waals surface area (Å²) >= 11 is 0. The van der Waals surface area contributed by atoms with Gasteiger partial charge in [0.15, 0.2) is 5.82 Å². The van der Waals surface area contributed by atoms with Crippen molar-refractivity contribution in [3.63, 3.8) is 0 Å². The maximum absolute atomic E-state index is 12.7. The second kappa shape index (κ2) is 6.95. The zero-order valence-electron chi connectivity index (χ0n) is 14.4. The van der Waals surface area contributed by atoms with Crippen molar-refractivity contribution in [3.8, 4) is 11.6 Å². The largest absolute Gasteiger partial charge is 0.439 e. The van der Waals surface area contributed by atoms with E-state index in [4.69, 9.17) is 4.74 Å². The standard InChI is InChI=1S/C19H19N5O2/c1-13-12-17(26-14-6-3-2-4-7-14)22-18(21-13)16-8-5-11-24(16)19(25)15-9-10-20-23-15/h2-4,6-7,9-10,12,16H,5,8,11H2,1H3,(H,20,23). The van der Waals surface area contributed by atoms with Gasteiger partial charge in [0, 0.05) is 24.5 Å². The minimum atomic E-state index is -0.163. The summed E-state index contributed by atoms with van der Waals surface area (Å²) in [6, 6.07) is 12.8. The van der Waals surface area contributed by atoms with Gasteiger partial charge >= 0.3 is 0 Å². The van der Waals surface area contributed by atoms with Gasteiger partial charge in [-0.3, -0.25) is 9.89 Å². The van der Waals surface area contributed by atoms with E-state index in [0.29, 0.717) is 29.7 Å². The average Bonchev–Trinajstić information content (AvgIpc) is 3.33. The second-order valence-corrected chi connectivity index (χ2v) is 6.25. The molecule has 1 N–H and O–H groups in total. The van der Waals surface area contributed by atoms with Crippen LogP contribution in [0.3, 0.4) is 0 Å². The molecule has 1 aliphatic rings. The molecule has 1 atom stereocenters. The number of aryl methyl sites for hydroxylation is 1. The molecule has 0 spiro atoms. The summed E-state index contributed by atoms with van der Waals surface area (Å²) in [7, 11) is 0. The number of para-hydroxylation sites is 1. The normalized spacial score (nSPS) is 16.7. The highest BCUT2D eigenvalue weighted by molar-refractivity contribution is 5.92. The fraction of sp³-hybridized carbons (Fsp3) is 0.263. The number of hydrogen-bond acceptors (Lipinski definition) is 5. The molecule has 0 radical (unpaired) electrons. The second-order valence-electron chi connectivity index (χ2n) is 6.25. The number of rotatable bonds is 4. The minimum Gasteiger partial charge on any atom is -0.439 e. The summed E-state index contributed by atoms with van der Waals surface area (Å²) in [5, 5.41) is 6.60. The molecule has 0 bridgehead atoms. The third kappa shape index (κ3) is 3.28. The van der Waals surface area contributed by atoms with Crippen LogP contribution in [0.25, 0.3) is 0 Å². The molecule has 1 saturated heterocycles. The molecule has 1 amide bonds. The molecule has 132 valence electrons. The van der Waals surface area contributed by atoms with Crippen LogP contribution in [0.15, 0.2) is 48.7 Å². The molecule has 1 aliphatic heterocycles. The molecule has 1 unspecified atom stereocenters. The number of aromatic amines is 1. The summed E-state index contributed by atoms with van der Waals surface area (Å²) in [6.45, 7) is 2.58. The van der Waals surface area contributed by atoms with Crippen LogP contribution < -0.4 is 4.74 Å². The van der Waals surface area contributed by atoms with E-state index in [1.807, 2.05) is 37.3 Å². The van der Waals surface area contributed by atoms with Crippen molar-refractivity contribution in [2.75, 3.05) is 6.54 Å². The molecule has 1 fully saturated rings. The molecular weight excluding hydrogens is 330 g/mol. The average molecular weight is 349 g/mol. The van der Waals surface area contributed by atoms with Crippen molar-refractivity contribution in [2.45, 2.75) is 25.8 Å². The van der Waals surface area contributed by atoms with E-state index >= 15 is 0 Å². The number of nitrogens with one attached hydrogen (secondary N) is 1. The smallest absolute Gasteiger partial charge is 0.272 e. The van der Waals surface area contributed by atoms with E-state index in [0.717, 1.165) is 18.5 Å². The minimum absolute atomic E-state index is 0.0827. The topological polar surface area (TPSA) is 84.0 Å². The molecule has 7 heteroatoms. The molecule has 3 heterocycles. The van der Waals surface area contributed by atoms with Crippen LogP contribution in [0, 0.1) is 6.92 Å². The Hall–Kier alpha value is -3.22. The fourth-order valence-corrected chi connectivity index (χ4v) is 3.18. The molecule has 2 aromatic heterocycles. The monoisotopic (exact) mass is 349 g/mol. The number of carbonyl (C=O) groups excluding carboxylic acids is 1. The van der Waals surface area contributed by atoms with Crippen LogP contribution in [-0.2, 0) is 0 Å². The van der Waals surface area contributed by atoms with Crippen molar-refractivity contribution >= 4 is 5.91 Å². The van der Waals surface area contributed by atoms with Gasteiger partial charge in [0.1, 0.15) is 11.4 Å². The number of ether oxygens (including phenoxy) is 1. The first-order valence-electron chi connectivity index (χ1n) is 8.59. The SMILES string of the molecule is Cc1cc(Oc2ccccc2)nc(C2CCCN2C(=O)c2ccn[nH]2)n1. The van der Waals surface area contributed by atoms with Crippen molar-refractivity contribution in [1.82, 2.24) is 25.1 Å². The lowest BCUT2D eigenvalue weighted by atomic mass is 10.2. The van der Waals surface area contributed by atoms with Crippen molar-refractivity contribution in [1.29, 1.82) is 0 Å². The zero-order chi connectivity index (χ0) is 17.9. The van der Waals surface area contributed by atoms with Crippen LogP contribution in [0.2, 0.25) is 0 Å². The summed E-state index contributed by atoms with van der Waals surface area (Å²) in [5.41, 5.74) is 1.28. The van der Waals surface area contributed by atoms with Gasteiger partial charge in [-0.05, 0) is 38.0 Å². The summed E-state index contributed by atoms with van der Waals surface area (Å²) in [4.78, 5) is 23.7. The number of hydrogen-bond donors (Lipinski definition) is 1. The number of nitrogens with zero attached hydrogens (tertiary/aromatic N) is 4. The maximum Gasteiger partial charge on any atom is 0.272 e. The van der Waals surface area contributed by atoms with Crippen molar-refractivity contribution < 1.29 is 9.53 Å². The zero-order valence-corrected chi connectivity index (χ0v) is 14.4. The maximum atomic E-state index is 12.7. The summed E-state index contributed by atoms with van der Waals surface area (Å²) < 4.78 is 5.86. The molecule has 0 aliphatic carbocycles. The number of benzene rings is 1. The van der Waals surface area contributed by atoms with Gasteiger partial charge in [-0.2, -0.15) is 10.1 Å². The summed E-state index contributed by atoms with van der Waals surface area (Å²) in [5.74, 6) is 1.73. The Bertz CT molecular complexity index is 896. The highest BCUT2D eigenvalue weighted by Crippen LogP contribution is 2.32. The Morgan fingerprint density at radius 1 is 1.23 bits per heavy atom. The molecule has 0 saturated carbocycles. The van der Waals surface area contributed by atoms with Gasteiger partial charge < -0.3 is 9.64 Å². The Labute approximate surface area is 151 Å². The van der Waals surface area contributed by atoms with E-state index in [9.17, 15) is 4.79 Å². The lowest BCUT2D eigenvalue weighted by Crippen LogP contribution is -2.31. The lowest BCUT2D eigenvalue weighted by Gasteiger charge is -2.23. The Balaban J connectivity index is 1.61. The third-order valence-corrected chi connectivity index (χ3v) is 4.36. The van der Waals surface area contributed by atoms with Gasteiger partial charge in [0.05, 0.1) is 6.04 Å². The van der Waals surface area contributed by atoms with Gasteiger partial charge in [0.2, 0.25) is 5.88 Å². The van der Waals surface area contributed by atoms with Crippen LogP contribution in [0.1, 0.15) is 40.9 Å². The molecule has 3 aromatic rings. The van der Waals surface area contributed by atoms with Crippen LogP contribution in [-0.4, -0.2) is 37.5 Å². The Kier molecular flexibility index (Phi) is 4.35. The first-order valence-corrected chi connectivity index (χ1v) is 8.59. The molecular formula is C19H19N5O2. The van der Waals surface area contributed by atoms with Crippen molar-refractivity contribution in [3.05, 3.63) is 65.9 Å². The van der Waals surface area contributed by atoms with Crippen LogP contribution in [0.5, 0.6) is 11.6 Å². The molecule has 7 nitrogen and oxygen atoms in total. The quantitative estimate of drug-likeness (QED) is 0.781. The molecule has 4 rings (SSSR count). The third-order valence-electron chi connectivity index (χ3n) is 4.36.